The summed E-state index contributed by atoms with van der Waals surface area (Å²) in [6, 6.07) is 8.86. The van der Waals surface area contributed by atoms with E-state index in [0.29, 0.717) is 17.9 Å². The minimum Gasteiger partial charge on any atom is -0.408 e. The zero-order chi connectivity index (χ0) is 14.2. The van der Waals surface area contributed by atoms with Gasteiger partial charge in [0.25, 0.3) is 0 Å². The van der Waals surface area contributed by atoms with Crippen LogP contribution in [-0.2, 0) is 6.42 Å². The Bertz CT molecular complexity index is 621. The Balaban J connectivity index is 1.38. The standard InChI is InChI=1S/C16H18ClN3O/c17-14-5-1-11(2-6-14)9-12-7-8-20(10-12)16-19-18-15(21-16)13-3-4-13/h1-2,5-6,12-13H,3-4,7-10H2. The molecular formula is C16H18ClN3O. The van der Waals surface area contributed by atoms with Crippen LogP contribution in [-0.4, -0.2) is 23.3 Å². The number of rotatable bonds is 4. The Morgan fingerprint density at radius 1 is 1.14 bits per heavy atom. The SMILES string of the molecule is Clc1ccc(CC2CCN(c3nnc(C4CC4)o3)C2)cc1. The van der Waals surface area contributed by atoms with E-state index in [-0.39, 0.29) is 0 Å². The first-order valence-corrected chi connectivity index (χ1v) is 7.98. The average molecular weight is 304 g/mol. The van der Waals surface area contributed by atoms with Gasteiger partial charge in [-0.1, -0.05) is 28.8 Å². The van der Waals surface area contributed by atoms with Crippen molar-refractivity contribution in [1.29, 1.82) is 0 Å². The van der Waals surface area contributed by atoms with Crippen molar-refractivity contribution >= 4 is 17.6 Å². The molecule has 4 nitrogen and oxygen atoms in total. The monoisotopic (exact) mass is 303 g/mol. The summed E-state index contributed by atoms with van der Waals surface area (Å²) in [4.78, 5) is 2.22. The highest BCUT2D eigenvalue weighted by molar-refractivity contribution is 6.30. The molecule has 1 aromatic carbocycles. The Kier molecular flexibility index (Phi) is 3.34. The van der Waals surface area contributed by atoms with Crippen LogP contribution in [0.5, 0.6) is 0 Å². The van der Waals surface area contributed by atoms with Gasteiger partial charge in [-0.25, -0.2) is 0 Å². The molecular weight excluding hydrogens is 286 g/mol. The topological polar surface area (TPSA) is 42.2 Å². The number of anilines is 1. The zero-order valence-corrected chi connectivity index (χ0v) is 12.6. The van der Waals surface area contributed by atoms with Crippen molar-refractivity contribution in [1.82, 2.24) is 10.2 Å². The second-order valence-corrected chi connectivity index (χ2v) is 6.56. The molecule has 0 amide bonds. The molecule has 1 aliphatic heterocycles. The second-order valence-electron chi connectivity index (χ2n) is 6.13. The maximum atomic E-state index is 5.93. The van der Waals surface area contributed by atoms with Crippen molar-refractivity contribution in [3.8, 4) is 0 Å². The van der Waals surface area contributed by atoms with Crippen LogP contribution in [0.1, 0.15) is 36.6 Å². The van der Waals surface area contributed by atoms with Crippen LogP contribution in [0.4, 0.5) is 6.01 Å². The predicted molar refractivity (Wildman–Crippen MR) is 81.7 cm³/mol. The summed E-state index contributed by atoms with van der Waals surface area (Å²) in [5.74, 6) is 1.99. The van der Waals surface area contributed by atoms with Gasteiger partial charge in [0.1, 0.15) is 0 Å². The third-order valence-electron chi connectivity index (χ3n) is 4.35. The Morgan fingerprint density at radius 2 is 1.95 bits per heavy atom. The molecule has 1 saturated carbocycles. The maximum absolute atomic E-state index is 5.93. The van der Waals surface area contributed by atoms with Crippen molar-refractivity contribution in [2.24, 2.45) is 5.92 Å². The first-order valence-electron chi connectivity index (χ1n) is 7.61. The molecule has 0 N–H and O–H groups in total. The fourth-order valence-corrected chi connectivity index (χ4v) is 3.10. The van der Waals surface area contributed by atoms with E-state index in [2.05, 4.69) is 27.2 Å². The minimum absolute atomic E-state index is 0.527. The van der Waals surface area contributed by atoms with E-state index in [1.165, 1.54) is 24.8 Å². The largest absolute Gasteiger partial charge is 0.408 e. The summed E-state index contributed by atoms with van der Waals surface area (Å²) >= 11 is 5.93. The van der Waals surface area contributed by atoms with Gasteiger partial charge in [-0.3, -0.25) is 0 Å². The van der Waals surface area contributed by atoms with E-state index < -0.39 is 0 Å². The van der Waals surface area contributed by atoms with Crippen LogP contribution < -0.4 is 4.90 Å². The molecule has 1 aliphatic carbocycles. The van der Waals surface area contributed by atoms with Gasteiger partial charge >= 0.3 is 6.01 Å². The van der Waals surface area contributed by atoms with Gasteiger partial charge in [0.15, 0.2) is 0 Å². The molecule has 4 rings (SSSR count). The maximum Gasteiger partial charge on any atom is 0.318 e. The third-order valence-corrected chi connectivity index (χ3v) is 4.60. The average Bonchev–Trinajstić information content (AvgIpc) is 3.04. The number of halogens is 1. The summed E-state index contributed by atoms with van der Waals surface area (Å²) in [6.07, 6.45) is 4.64. The zero-order valence-electron chi connectivity index (χ0n) is 11.8. The van der Waals surface area contributed by atoms with Crippen molar-refractivity contribution in [3.63, 3.8) is 0 Å². The summed E-state index contributed by atoms with van der Waals surface area (Å²) in [7, 11) is 0. The second kappa shape index (κ2) is 5.34. The molecule has 1 aromatic heterocycles. The lowest BCUT2D eigenvalue weighted by atomic mass is 9.99. The molecule has 21 heavy (non-hydrogen) atoms. The van der Waals surface area contributed by atoms with Gasteiger partial charge < -0.3 is 9.32 Å². The number of nitrogens with zero attached hydrogens (tertiary/aromatic N) is 3. The van der Waals surface area contributed by atoms with Crippen molar-refractivity contribution < 1.29 is 4.42 Å². The smallest absolute Gasteiger partial charge is 0.318 e. The van der Waals surface area contributed by atoms with Gasteiger partial charge in [-0.05, 0) is 49.3 Å². The molecule has 2 aliphatic rings. The van der Waals surface area contributed by atoms with Gasteiger partial charge in [0, 0.05) is 24.0 Å². The Labute approximate surface area is 129 Å². The molecule has 0 radical (unpaired) electrons. The van der Waals surface area contributed by atoms with Crippen LogP contribution in [0.3, 0.4) is 0 Å². The minimum atomic E-state index is 0.527. The Hall–Kier alpha value is -1.55. The van der Waals surface area contributed by atoms with E-state index in [1.807, 2.05) is 12.1 Å². The highest BCUT2D eigenvalue weighted by atomic mass is 35.5. The lowest BCUT2D eigenvalue weighted by Crippen LogP contribution is -2.20. The van der Waals surface area contributed by atoms with E-state index >= 15 is 0 Å². The highest BCUT2D eigenvalue weighted by Crippen LogP contribution is 2.40. The molecule has 0 bridgehead atoms. The molecule has 2 fully saturated rings. The van der Waals surface area contributed by atoms with E-state index in [0.717, 1.165) is 30.4 Å². The van der Waals surface area contributed by atoms with Gasteiger partial charge in [0.2, 0.25) is 5.89 Å². The summed E-state index contributed by atoms with van der Waals surface area (Å²) < 4.78 is 5.79. The summed E-state index contributed by atoms with van der Waals surface area (Å²) in [5, 5.41) is 9.17. The quantitative estimate of drug-likeness (QED) is 0.864. The predicted octanol–water partition coefficient (Wildman–Crippen LogP) is 3.67. The number of aromatic nitrogens is 2. The lowest BCUT2D eigenvalue weighted by molar-refractivity contribution is 0.488. The fourth-order valence-electron chi connectivity index (χ4n) is 2.98. The summed E-state index contributed by atoms with van der Waals surface area (Å²) in [6.45, 7) is 2.00. The molecule has 2 heterocycles. The van der Waals surface area contributed by atoms with Crippen molar-refractivity contribution in [3.05, 3.63) is 40.7 Å². The number of hydrogen-bond donors (Lipinski definition) is 0. The van der Waals surface area contributed by atoms with E-state index in [4.69, 9.17) is 16.0 Å². The van der Waals surface area contributed by atoms with Crippen LogP contribution in [0.2, 0.25) is 5.02 Å². The van der Waals surface area contributed by atoms with Crippen LogP contribution in [0.15, 0.2) is 28.7 Å². The highest BCUT2D eigenvalue weighted by Gasteiger charge is 2.32. The number of hydrogen-bond acceptors (Lipinski definition) is 4. The van der Waals surface area contributed by atoms with E-state index in [1.54, 1.807) is 0 Å². The number of benzene rings is 1. The van der Waals surface area contributed by atoms with E-state index in [9.17, 15) is 0 Å². The normalized spacial score (nSPS) is 22.0. The molecule has 1 unspecified atom stereocenters. The summed E-state index contributed by atoms with van der Waals surface area (Å²) in [5.41, 5.74) is 1.34. The van der Waals surface area contributed by atoms with Gasteiger partial charge in [-0.2, -0.15) is 0 Å². The van der Waals surface area contributed by atoms with Crippen LogP contribution in [0.25, 0.3) is 0 Å². The molecule has 110 valence electrons. The first kappa shape index (κ1) is 13.1. The molecule has 1 atom stereocenters. The molecule has 5 heteroatoms. The van der Waals surface area contributed by atoms with Crippen LogP contribution in [0, 0.1) is 5.92 Å². The first-order chi connectivity index (χ1) is 10.3. The van der Waals surface area contributed by atoms with Crippen molar-refractivity contribution in [2.45, 2.75) is 31.6 Å². The molecule has 0 spiro atoms. The third kappa shape index (κ3) is 2.91. The molecule has 2 aromatic rings. The molecule has 1 saturated heterocycles. The van der Waals surface area contributed by atoms with Gasteiger partial charge in [0.05, 0.1) is 0 Å². The van der Waals surface area contributed by atoms with Crippen LogP contribution >= 0.6 is 11.6 Å². The van der Waals surface area contributed by atoms with Crippen molar-refractivity contribution in [2.75, 3.05) is 18.0 Å². The fraction of sp³-hybridized carbons (Fsp3) is 0.500. The Morgan fingerprint density at radius 3 is 2.71 bits per heavy atom. The lowest BCUT2D eigenvalue weighted by Gasteiger charge is -2.13. The van der Waals surface area contributed by atoms with Gasteiger partial charge in [-0.15, -0.1) is 5.10 Å².